The lowest BCUT2D eigenvalue weighted by atomic mass is 10.1. The molecule has 0 radical (unpaired) electrons. The lowest BCUT2D eigenvalue weighted by Crippen LogP contribution is -2.44. The fourth-order valence-corrected chi connectivity index (χ4v) is 4.99. The zero-order valence-electron chi connectivity index (χ0n) is 25.0. The van der Waals surface area contributed by atoms with Crippen LogP contribution in [0.1, 0.15) is 59.6 Å². The summed E-state index contributed by atoms with van der Waals surface area (Å²) in [6.07, 6.45) is -0.651. The minimum atomic E-state index is -3.89. The van der Waals surface area contributed by atoms with Crippen molar-refractivity contribution in [2.75, 3.05) is 33.9 Å². The number of methoxy groups -OCH3 is 2. The van der Waals surface area contributed by atoms with E-state index >= 15 is 0 Å². The number of aryl methyl sites for hydroxylation is 2. The lowest BCUT2D eigenvalue weighted by molar-refractivity contribution is -0.197. The summed E-state index contributed by atoms with van der Waals surface area (Å²) in [6.45, 7) is 18.8. The number of nitrogens with zero attached hydrogens (tertiary/aromatic N) is 1. The number of ether oxygens (including phenoxy) is 4. The van der Waals surface area contributed by atoms with Crippen molar-refractivity contribution < 1.29 is 27.4 Å². The Labute approximate surface area is 230 Å². The van der Waals surface area contributed by atoms with Crippen molar-refractivity contribution in [2.24, 2.45) is 5.92 Å². The average molecular weight is 553 g/mol. The molecule has 8 nitrogen and oxygen atoms in total. The van der Waals surface area contributed by atoms with Crippen LogP contribution in [-0.4, -0.2) is 58.6 Å². The minimum absolute atomic E-state index is 0.0436. The van der Waals surface area contributed by atoms with Crippen LogP contribution in [0.5, 0.6) is 17.2 Å². The van der Waals surface area contributed by atoms with Crippen LogP contribution in [-0.2, 0) is 19.5 Å². The molecule has 1 atom stereocenters. The average Bonchev–Trinajstić information content (AvgIpc) is 2.79. The summed E-state index contributed by atoms with van der Waals surface area (Å²) in [4.78, 5) is 0.0436. The molecule has 1 N–H and O–H groups in total. The van der Waals surface area contributed by atoms with Gasteiger partial charge in [0.1, 0.15) is 22.1 Å². The summed E-state index contributed by atoms with van der Waals surface area (Å²) in [5.74, 6) is 2.08. The van der Waals surface area contributed by atoms with Gasteiger partial charge in [0.25, 0.3) is 0 Å². The van der Waals surface area contributed by atoms with Gasteiger partial charge in [0.15, 0.2) is 0 Å². The van der Waals surface area contributed by atoms with Gasteiger partial charge in [-0.2, -0.15) is 4.31 Å². The fourth-order valence-electron chi connectivity index (χ4n) is 3.41. The van der Waals surface area contributed by atoms with E-state index in [-0.39, 0.29) is 23.7 Å². The standard InChI is InChI=1S/C25H38N2O6S.C4H10/c1-9-27(13-12-26-24(31-8)33-25(4,5)6)34(28,29)23-17-20(30-7)10-11-22(23)32-21-15-18(2)14-19(3)16-21;1-4(2)3/h10-11,14-17,24,26H,9,12-13H2,1-8H3;4H,1-3H3. The molecule has 0 spiro atoms. The molecule has 9 heteroatoms. The van der Waals surface area contributed by atoms with E-state index in [1.165, 1.54) is 24.6 Å². The molecule has 0 saturated carbocycles. The van der Waals surface area contributed by atoms with E-state index in [1.807, 2.05) is 52.8 Å². The van der Waals surface area contributed by atoms with Gasteiger partial charge in [0, 0.05) is 32.8 Å². The van der Waals surface area contributed by atoms with Gasteiger partial charge < -0.3 is 18.9 Å². The van der Waals surface area contributed by atoms with Crippen molar-refractivity contribution >= 4 is 10.0 Å². The highest BCUT2D eigenvalue weighted by Crippen LogP contribution is 2.34. The molecular formula is C29H48N2O6S. The molecule has 0 aromatic heterocycles. The molecule has 0 aliphatic rings. The van der Waals surface area contributed by atoms with Crippen LogP contribution in [0, 0.1) is 19.8 Å². The predicted octanol–water partition coefficient (Wildman–Crippen LogP) is 6.11. The third kappa shape index (κ3) is 11.7. The fraction of sp³-hybridized carbons (Fsp3) is 0.586. The molecule has 0 amide bonds. The van der Waals surface area contributed by atoms with Crippen molar-refractivity contribution in [1.82, 2.24) is 9.62 Å². The summed E-state index contributed by atoms with van der Waals surface area (Å²) >= 11 is 0. The third-order valence-electron chi connectivity index (χ3n) is 4.89. The van der Waals surface area contributed by atoms with E-state index in [0.717, 1.165) is 17.0 Å². The van der Waals surface area contributed by atoms with Crippen LogP contribution >= 0.6 is 0 Å². The first kappa shape index (κ1) is 33.9. The van der Waals surface area contributed by atoms with Gasteiger partial charge in [0.05, 0.1) is 12.7 Å². The number of sulfonamides is 1. The summed E-state index contributed by atoms with van der Waals surface area (Å²) in [5, 5.41) is 3.10. The zero-order valence-corrected chi connectivity index (χ0v) is 25.9. The summed E-state index contributed by atoms with van der Waals surface area (Å²) < 4.78 is 51.1. The monoisotopic (exact) mass is 552 g/mol. The second-order valence-corrected chi connectivity index (χ2v) is 12.6. The molecule has 2 aromatic rings. The van der Waals surface area contributed by atoms with Crippen LogP contribution in [0.25, 0.3) is 0 Å². The molecule has 38 heavy (non-hydrogen) atoms. The zero-order chi connectivity index (χ0) is 29.1. The Hall–Kier alpha value is -2.17. The molecule has 0 bridgehead atoms. The van der Waals surface area contributed by atoms with Gasteiger partial charge in [-0.05, 0) is 75.9 Å². The molecule has 216 valence electrons. The maximum atomic E-state index is 13.7. The van der Waals surface area contributed by atoms with E-state index < -0.39 is 22.0 Å². The van der Waals surface area contributed by atoms with Gasteiger partial charge in [-0.25, -0.2) is 8.42 Å². The van der Waals surface area contributed by atoms with E-state index in [2.05, 4.69) is 26.1 Å². The largest absolute Gasteiger partial charge is 0.497 e. The highest BCUT2D eigenvalue weighted by molar-refractivity contribution is 7.89. The number of hydrogen-bond donors (Lipinski definition) is 1. The highest BCUT2D eigenvalue weighted by Gasteiger charge is 2.28. The van der Waals surface area contributed by atoms with Crippen molar-refractivity contribution in [3.8, 4) is 17.2 Å². The minimum Gasteiger partial charge on any atom is -0.497 e. The number of hydrogen-bond acceptors (Lipinski definition) is 7. The van der Waals surface area contributed by atoms with Crippen LogP contribution < -0.4 is 14.8 Å². The van der Waals surface area contributed by atoms with Gasteiger partial charge in [-0.15, -0.1) is 0 Å². The first-order valence-electron chi connectivity index (χ1n) is 13.0. The topological polar surface area (TPSA) is 86.3 Å². The predicted molar refractivity (Wildman–Crippen MR) is 154 cm³/mol. The normalized spacial score (nSPS) is 12.8. The maximum Gasteiger partial charge on any atom is 0.246 e. The molecule has 0 aliphatic carbocycles. The quantitative estimate of drug-likeness (QED) is 0.318. The van der Waals surface area contributed by atoms with Crippen LogP contribution in [0.2, 0.25) is 0 Å². The number of nitrogens with one attached hydrogen (secondary N) is 1. The Kier molecular flexibility index (Phi) is 13.7. The van der Waals surface area contributed by atoms with E-state index in [0.29, 0.717) is 18.0 Å². The molecule has 0 saturated heterocycles. The van der Waals surface area contributed by atoms with Gasteiger partial charge in [-0.1, -0.05) is 33.8 Å². The number of likely N-dealkylation sites (N-methyl/N-ethyl adjacent to an activating group) is 1. The molecular weight excluding hydrogens is 504 g/mol. The van der Waals surface area contributed by atoms with Crippen LogP contribution in [0.3, 0.4) is 0 Å². The Morgan fingerprint density at radius 3 is 2.00 bits per heavy atom. The molecule has 0 fully saturated rings. The second kappa shape index (κ2) is 15.4. The smallest absolute Gasteiger partial charge is 0.246 e. The maximum absolute atomic E-state index is 13.7. The van der Waals surface area contributed by atoms with Crippen molar-refractivity contribution in [3.63, 3.8) is 0 Å². The van der Waals surface area contributed by atoms with Crippen molar-refractivity contribution in [3.05, 3.63) is 47.5 Å². The second-order valence-electron chi connectivity index (χ2n) is 10.7. The van der Waals surface area contributed by atoms with Crippen LogP contribution in [0.4, 0.5) is 0 Å². The van der Waals surface area contributed by atoms with Gasteiger partial charge in [-0.3, -0.25) is 5.32 Å². The SMILES string of the molecule is CC(C)C.CCN(CCNC(OC)OC(C)(C)C)S(=O)(=O)c1cc(OC)ccc1Oc1cc(C)cc(C)c1. The highest BCUT2D eigenvalue weighted by atomic mass is 32.2. The summed E-state index contributed by atoms with van der Waals surface area (Å²) in [5.41, 5.74) is 1.64. The van der Waals surface area contributed by atoms with E-state index in [1.54, 1.807) is 19.1 Å². The van der Waals surface area contributed by atoms with Crippen molar-refractivity contribution in [2.45, 2.75) is 79.2 Å². The third-order valence-corrected chi connectivity index (χ3v) is 6.89. The molecule has 2 rings (SSSR count). The molecule has 0 aliphatic heterocycles. The molecule has 0 heterocycles. The van der Waals surface area contributed by atoms with Gasteiger partial charge >= 0.3 is 0 Å². The summed E-state index contributed by atoms with van der Waals surface area (Å²) in [6, 6.07) is 10.6. The Balaban J connectivity index is 0.00000168. The Morgan fingerprint density at radius 2 is 1.53 bits per heavy atom. The van der Waals surface area contributed by atoms with E-state index in [9.17, 15) is 8.42 Å². The Morgan fingerprint density at radius 1 is 0.947 bits per heavy atom. The Bertz CT molecular complexity index is 1070. The number of rotatable bonds is 12. The first-order valence-corrected chi connectivity index (χ1v) is 14.4. The number of benzene rings is 2. The van der Waals surface area contributed by atoms with Gasteiger partial charge in [0.2, 0.25) is 16.4 Å². The van der Waals surface area contributed by atoms with Crippen molar-refractivity contribution in [1.29, 1.82) is 0 Å². The lowest BCUT2D eigenvalue weighted by Gasteiger charge is -2.28. The molecule has 2 aromatic carbocycles. The van der Waals surface area contributed by atoms with E-state index in [4.69, 9.17) is 18.9 Å². The summed E-state index contributed by atoms with van der Waals surface area (Å²) in [7, 11) is -0.858. The molecule has 1 unspecified atom stereocenters. The van der Waals surface area contributed by atoms with Crippen LogP contribution in [0.15, 0.2) is 41.3 Å². The first-order chi connectivity index (χ1) is 17.6.